The first-order valence-electron chi connectivity index (χ1n) is 12.8. The van der Waals surface area contributed by atoms with Crippen LogP contribution in [0.2, 0.25) is 0 Å². The fraction of sp³-hybridized carbons (Fsp3) is 0.393. The predicted octanol–water partition coefficient (Wildman–Crippen LogP) is 3.76. The van der Waals surface area contributed by atoms with Crippen molar-refractivity contribution in [2.75, 3.05) is 23.8 Å². The number of hydrogen-bond acceptors (Lipinski definition) is 9. The smallest absolute Gasteiger partial charge is 0.281 e. The number of nitrogens with two attached hydrogens (primary N) is 1. The van der Waals surface area contributed by atoms with E-state index in [0.717, 1.165) is 6.42 Å². The molecule has 4 N–H and O–H groups in total. The number of nitrogen functional groups attached to an aromatic ring is 1. The summed E-state index contributed by atoms with van der Waals surface area (Å²) >= 11 is 0. The van der Waals surface area contributed by atoms with Crippen molar-refractivity contribution < 1.29 is 27.4 Å². The summed E-state index contributed by atoms with van der Waals surface area (Å²) in [5.41, 5.74) is 4.88. The van der Waals surface area contributed by atoms with E-state index in [4.69, 9.17) is 15.5 Å². The number of pyridine rings is 2. The van der Waals surface area contributed by atoms with Gasteiger partial charge in [-0.2, -0.15) is 8.42 Å². The summed E-state index contributed by atoms with van der Waals surface area (Å²) in [6.07, 6.45) is 0.834. The predicted molar refractivity (Wildman–Crippen MR) is 150 cm³/mol. The lowest BCUT2D eigenvalue weighted by molar-refractivity contribution is 0.0284. The van der Waals surface area contributed by atoms with Gasteiger partial charge in [-0.15, -0.1) is 0 Å². The number of aromatic nitrogens is 2. The second kappa shape index (κ2) is 10.7. The lowest BCUT2D eigenvalue weighted by Gasteiger charge is -2.36. The Balaban J connectivity index is 1.76. The first kappa shape index (κ1) is 29.2. The number of rotatable bonds is 8. The van der Waals surface area contributed by atoms with Crippen LogP contribution in [0, 0.1) is 11.7 Å². The number of nitrogens with zero attached hydrogens (tertiary/aromatic N) is 3. The molecule has 1 aliphatic heterocycles. The standard InChI is InChI=1S/C28H34FN5O5S/c1-17-11-12-34(28(17,4)5)25-21(26(35)33-40(37,38)24-8-6-7-23(30)32-24)9-10-22(31-25)18-13-19(29)15-20(14-18)39-16-27(2,3)36/h6-10,13-15,17,36H,11-12,16H2,1-5H3,(H2,30,32)(H,33,35). The van der Waals surface area contributed by atoms with Gasteiger partial charge in [0.2, 0.25) is 0 Å². The molecule has 0 spiro atoms. The van der Waals surface area contributed by atoms with E-state index < -0.39 is 32.9 Å². The van der Waals surface area contributed by atoms with Crippen molar-refractivity contribution >= 4 is 27.6 Å². The molecule has 1 aliphatic rings. The van der Waals surface area contributed by atoms with Crippen LogP contribution in [0.15, 0.2) is 53.6 Å². The van der Waals surface area contributed by atoms with Crippen LogP contribution in [0.25, 0.3) is 11.3 Å². The molecule has 1 saturated heterocycles. The topological polar surface area (TPSA) is 148 Å². The Labute approximate surface area is 233 Å². The van der Waals surface area contributed by atoms with E-state index in [1.165, 1.54) is 42.5 Å². The summed E-state index contributed by atoms with van der Waals surface area (Å²) in [6.45, 7) is 9.83. The number of aliphatic hydroxyl groups is 1. The molecule has 1 unspecified atom stereocenters. The molecule has 4 rings (SSSR count). The summed E-state index contributed by atoms with van der Waals surface area (Å²) in [7, 11) is -4.33. The van der Waals surface area contributed by atoms with Gasteiger partial charge in [-0.25, -0.2) is 19.1 Å². The van der Waals surface area contributed by atoms with E-state index in [2.05, 4.69) is 16.6 Å². The fourth-order valence-electron chi connectivity index (χ4n) is 4.46. The highest BCUT2D eigenvalue weighted by molar-refractivity contribution is 7.90. The Morgan fingerprint density at radius 1 is 1.23 bits per heavy atom. The monoisotopic (exact) mass is 571 g/mol. The summed E-state index contributed by atoms with van der Waals surface area (Å²) in [6, 6.07) is 11.2. The number of carbonyl (C=O) groups is 1. The van der Waals surface area contributed by atoms with Crippen LogP contribution in [-0.4, -0.2) is 53.7 Å². The van der Waals surface area contributed by atoms with Crippen LogP contribution in [-0.2, 0) is 10.0 Å². The third-order valence-corrected chi connectivity index (χ3v) is 8.30. The van der Waals surface area contributed by atoms with Crippen molar-refractivity contribution in [2.45, 2.75) is 57.2 Å². The molecule has 0 aliphatic carbocycles. The van der Waals surface area contributed by atoms with Gasteiger partial charge in [0.25, 0.3) is 15.9 Å². The van der Waals surface area contributed by atoms with Gasteiger partial charge in [-0.3, -0.25) is 4.79 Å². The van der Waals surface area contributed by atoms with Crippen molar-refractivity contribution in [2.24, 2.45) is 5.92 Å². The van der Waals surface area contributed by atoms with Gasteiger partial charge in [0, 0.05) is 23.7 Å². The number of benzene rings is 1. The quantitative estimate of drug-likeness (QED) is 0.368. The molecule has 3 aromatic rings. The second-order valence-electron chi connectivity index (χ2n) is 11.2. The number of anilines is 2. The minimum atomic E-state index is -4.33. The van der Waals surface area contributed by atoms with Gasteiger partial charge < -0.3 is 20.5 Å². The SMILES string of the molecule is CC1CCN(c2nc(-c3cc(F)cc(OCC(C)(C)O)c3)ccc2C(=O)NS(=O)(=O)c2cccc(N)n2)C1(C)C. The Hall–Kier alpha value is -3.77. The Morgan fingerprint density at radius 3 is 2.58 bits per heavy atom. The third-order valence-electron chi connectivity index (χ3n) is 7.07. The number of hydrogen-bond donors (Lipinski definition) is 3. The lowest BCUT2D eigenvalue weighted by atomic mass is 9.90. The molecule has 1 aromatic carbocycles. The summed E-state index contributed by atoms with van der Waals surface area (Å²) in [5.74, 6) is -0.728. The number of sulfonamides is 1. The van der Waals surface area contributed by atoms with Crippen LogP contribution in [0.5, 0.6) is 5.75 Å². The molecule has 40 heavy (non-hydrogen) atoms. The van der Waals surface area contributed by atoms with E-state index in [1.807, 2.05) is 18.7 Å². The number of amides is 1. The zero-order chi connectivity index (χ0) is 29.5. The van der Waals surface area contributed by atoms with Gasteiger partial charge in [-0.1, -0.05) is 13.0 Å². The Kier molecular flexibility index (Phi) is 7.79. The molecule has 1 atom stereocenters. The van der Waals surface area contributed by atoms with Crippen LogP contribution < -0.4 is 20.1 Å². The molecule has 1 amide bonds. The summed E-state index contributed by atoms with van der Waals surface area (Å²) < 4.78 is 48.1. The first-order chi connectivity index (χ1) is 18.6. The highest BCUT2D eigenvalue weighted by atomic mass is 32.2. The second-order valence-corrected chi connectivity index (χ2v) is 12.8. The van der Waals surface area contributed by atoms with Crippen LogP contribution in [0.1, 0.15) is 51.4 Å². The highest BCUT2D eigenvalue weighted by Crippen LogP contribution is 2.39. The molecular formula is C28H34FN5O5S. The van der Waals surface area contributed by atoms with Crippen molar-refractivity contribution in [3.05, 3.63) is 59.9 Å². The minimum absolute atomic E-state index is 0.00386. The van der Waals surface area contributed by atoms with Gasteiger partial charge in [0.05, 0.1) is 16.9 Å². The summed E-state index contributed by atoms with van der Waals surface area (Å²) in [5, 5.41) is 9.60. The van der Waals surface area contributed by atoms with E-state index in [0.29, 0.717) is 17.8 Å². The van der Waals surface area contributed by atoms with Gasteiger partial charge in [-0.05, 0) is 76.4 Å². The molecule has 12 heteroatoms. The molecule has 0 radical (unpaired) electrons. The Bertz CT molecular complexity index is 1540. The van der Waals surface area contributed by atoms with E-state index >= 15 is 0 Å². The average Bonchev–Trinajstić information content (AvgIpc) is 3.13. The van der Waals surface area contributed by atoms with E-state index in [1.54, 1.807) is 19.9 Å². The number of halogens is 1. The Morgan fingerprint density at radius 2 is 1.95 bits per heavy atom. The normalized spacial score (nSPS) is 17.1. The highest BCUT2D eigenvalue weighted by Gasteiger charge is 2.41. The van der Waals surface area contributed by atoms with Crippen molar-refractivity contribution in [1.82, 2.24) is 14.7 Å². The van der Waals surface area contributed by atoms with Crippen molar-refractivity contribution in [1.29, 1.82) is 0 Å². The molecule has 0 saturated carbocycles. The maximum atomic E-state index is 14.6. The van der Waals surface area contributed by atoms with Crippen LogP contribution >= 0.6 is 0 Å². The van der Waals surface area contributed by atoms with Crippen LogP contribution in [0.3, 0.4) is 0 Å². The largest absolute Gasteiger partial charge is 0.490 e. The van der Waals surface area contributed by atoms with E-state index in [-0.39, 0.29) is 40.5 Å². The molecular weight excluding hydrogens is 537 g/mol. The fourth-order valence-corrected chi connectivity index (χ4v) is 5.41. The van der Waals surface area contributed by atoms with Crippen molar-refractivity contribution in [3.8, 4) is 17.0 Å². The van der Waals surface area contributed by atoms with Crippen molar-refractivity contribution in [3.63, 3.8) is 0 Å². The minimum Gasteiger partial charge on any atom is -0.490 e. The van der Waals surface area contributed by atoms with Gasteiger partial charge in [0.1, 0.15) is 29.8 Å². The zero-order valence-corrected chi connectivity index (χ0v) is 23.9. The molecule has 3 heterocycles. The summed E-state index contributed by atoms with van der Waals surface area (Å²) in [4.78, 5) is 23.9. The van der Waals surface area contributed by atoms with E-state index in [9.17, 15) is 22.7 Å². The average molecular weight is 572 g/mol. The van der Waals surface area contributed by atoms with Crippen LogP contribution in [0.4, 0.5) is 16.0 Å². The number of nitrogens with one attached hydrogen (secondary N) is 1. The molecule has 214 valence electrons. The molecule has 0 bridgehead atoms. The molecule has 10 nitrogen and oxygen atoms in total. The number of carbonyl (C=O) groups excluding carboxylic acids is 1. The molecule has 2 aromatic heterocycles. The maximum absolute atomic E-state index is 14.6. The van der Waals surface area contributed by atoms with Gasteiger partial charge >= 0.3 is 0 Å². The van der Waals surface area contributed by atoms with Gasteiger partial charge in [0.15, 0.2) is 5.03 Å². The molecule has 1 fully saturated rings. The zero-order valence-electron chi connectivity index (χ0n) is 23.1. The number of ether oxygens (including phenoxy) is 1. The third kappa shape index (κ3) is 6.34. The maximum Gasteiger partial charge on any atom is 0.281 e. The lowest BCUT2D eigenvalue weighted by Crippen LogP contribution is -2.43. The first-order valence-corrected chi connectivity index (χ1v) is 14.3.